The molecule has 0 saturated carbocycles. The molecule has 154 valence electrons. The number of nitrogens with one attached hydrogen (secondary N) is 2. The Bertz CT molecular complexity index is 1190. The molecule has 0 unspecified atom stereocenters. The average Bonchev–Trinajstić information content (AvgIpc) is 3.37. The molecule has 0 aliphatic carbocycles. The number of para-hydroxylation sites is 2. The summed E-state index contributed by atoms with van der Waals surface area (Å²) in [5.41, 5.74) is 4.24. The highest BCUT2D eigenvalue weighted by Gasteiger charge is 2.27. The zero-order chi connectivity index (χ0) is 21.1. The van der Waals surface area contributed by atoms with Crippen LogP contribution in [0.3, 0.4) is 0 Å². The lowest BCUT2D eigenvalue weighted by Gasteiger charge is -2.16. The van der Waals surface area contributed by atoms with Crippen LogP contribution < -0.4 is 0 Å². The molecule has 0 bridgehead atoms. The minimum absolute atomic E-state index is 0.0792. The Morgan fingerprint density at radius 1 is 0.867 bits per heavy atom. The average molecular weight is 402 g/mol. The highest BCUT2D eigenvalue weighted by Crippen LogP contribution is 2.26. The van der Waals surface area contributed by atoms with Crippen LogP contribution in [0.1, 0.15) is 24.5 Å². The molecule has 0 radical (unpaired) electrons. The number of rotatable bonds is 8. The van der Waals surface area contributed by atoms with Gasteiger partial charge >= 0.3 is 5.97 Å². The second kappa shape index (κ2) is 8.57. The Morgan fingerprint density at radius 2 is 1.40 bits per heavy atom. The predicted molar refractivity (Wildman–Crippen MR) is 118 cm³/mol. The number of methoxy groups -OCH3 is 1. The molecule has 0 fully saturated rings. The van der Waals surface area contributed by atoms with Crippen LogP contribution in [0.5, 0.6) is 0 Å². The topological polar surface area (TPSA) is 75.0 Å². The zero-order valence-corrected chi connectivity index (χ0v) is 17.3. The number of H-pyrrole nitrogens is 2. The van der Waals surface area contributed by atoms with Crippen molar-refractivity contribution in [1.82, 2.24) is 9.97 Å². The molecule has 2 aromatic carbocycles. The van der Waals surface area contributed by atoms with Gasteiger partial charge in [0.2, 0.25) is 0 Å². The second-order valence-electron chi connectivity index (χ2n) is 7.92. The van der Waals surface area contributed by atoms with E-state index in [0.29, 0.717) is 12.8 Å². The summed E-state index contributed by atoms with van der Waals surface area (Å²) < 4.78 is 5.01. The van der Waals surface area contributed by atoms with Crippen molar-refractivity contribution in [1.29, 1.82) is 0 Å². The van der Waals surface area contributed by atoms with Gasteiger partial charge in [-0.3, -0.25) is 9.59 Å². The first-order valence-electron chi connectivity index (χ1n) is 10.3. The Hall–Kier alpha value is -3.34. The lowest BCUT2D eigenvalue weighted by Crippen LogP contribution is -2.25. The summed E-state index contributed by atoms with van der Waals surface area (Å²) in [6.45, 7) is 1.93. The smallest absolute Gasteiger partial charge is 0.309 e. The quantitative estimate of drug-likeness (QED) is 0.415. The molecule has 0 aliphatic heterocycles. The van der Waals surface area contributed by atoms with E-state index < -0.39 is 5.92 Å². The van der Waals surface area contributed by atoms with E-state index in [9.17, 15) is 9.59 Å². The monoisotopic (exact) mass is 402 g/mol. The first kappa shape index (κ1) is 20.0. The van der Waals surface area contributed by atoms with Gasteiger partial charge in [-0.1, -0.05) is 43.3 Å². The molecule has 0 saturated heterocycles. The van der Waals surface area contributed by atoms with E-state index >= 15 is 0 Å². The molecule has 30 heavy (non-hydrogen) atoms. The van der Waals surface area contributed by atoms with Crippen LogP contribution in [0.25, 0.3) is 21.8 Å². The van der Waals surface area contributed by atoms with Gasteiger partial charge in [0.1, 0.15) is 5.78 Å². The predicted octanol–water partition coefficient (Wildman–Crippen LogP) is 4.82. The van der Waals surface area contributed by atoms with Crippen molar-refractivity contribution in [2.75, 3.05) is 7.11 Å². The Kier molecular flexibility index (Phi) is 5.70. The SMILES string of the molecule is COC(=O)[C@@H](CC(=O)[C@@H](C)Cc1c[nH]c2ccccc12)Cc1c[nH]c2ccccc12. The normalized spacial score (nSPS) is 13.4. The largest absolute Gasteiger partial charge is 0.469 e. The van der Waals surface area contributed by atoms with Crippen LogP contribution in [-0.2, 0) is 27.2 Å². The first-order chi connectivity index (χ1) is 14.6. The van der Waals surface area contributed by atoms with Crippen LogP contribution in [-0.4, -0.2) is 28.8 Å². The number of aromatic nitrogens is 2. The number of carbonyl (C=O) groups is 2. The highest BCUT2D eigenvalue weighted by atomic mass is 16.5. The number of ketones is 1. The molecule has 0 amide bonds. The number of hydrogen-bond donors (Lipinski definition) is 2. The number of carbonyl (C=O) groups excluding carboxylic acids is 2. The minimum atomic E-state index is -0.493. The lowest BCUT2D eigenvalue weighted by atomic mass is 9.88. The molecule has 2 heterocycles. The van der Waals surface area contributed by atoms with Crippen LogP contribution >= 0.6 is 0 Å². The van der Waals surface area contributed by atoms with Crippen molar-refractivity contribution in [3.05, 3.63) is 72.1 Å². The molecular formula is C25H26N2O3. The van der Waals surface area contributed by atoms with Gasteiger partial charge in [0.05, 0.1) is 13.0 Å². The van der Waals surface area contributed by atoms with E-state index in [1.165, 1.54) is 7.11 Å². The fourth-order valence-corrected chi connectivity index (χ4v) is 4.16. The summed E-state index contributed by atoms with van der Waals surface area (Å²) >= 11 is 0. The van der Waals surface area contributed by atoms with E-state index in [1.807, 2.05) is 61.8 Å². The summed E-state index contributed by atoms with van der Waals surface area (Å²) in [5, 5.41) is 2.21. The summed E-state index contributed by atoms with van der Waals surface area (Å²) in [7, 11) is 1.38. The number of fused-ring (bicyclic) bond motifs is 2. The molecule has 2 aromatic heterocycles. The maximum absolute atomic E-state index is 13.0. The van der Waals surface area contributed by atoms with Crippen LogP contribution in [0.15, 0.2) is 60.9 Å². The summed E-state index contributed by atoms with van der Waals surface area (Å²) in [6.07, 6.45) is 5.18. The summed E-state index contributed by atoms with van der Waals surface area (Å²) in [4.78, 5) is 31.9. The number of hydrogen-bond acceptors (Lipinski definition) is 3. The lowest BCUT2D eigenvalue weighted by molar-refractivity contribution is -0.147. The molecular weight excluding hydrogens is 376 g/mol. The number of aromatic amines is 2. The van der Waals surface area contributed by atoms with Crippen molar-refractivity contribution < 1.29 is 14.3 Å². The van der Waals surface area contributed by atoms with Crippen molar-refractivity contribution in [2.45, 2.75) is 26.2 Å². The summed E-state index contributed by atoms with van der Waals surface area (Å²) in [5.74, 6) is -0.935. The third-order valence-electron chi connectivity index (χ3n) is 5.87. The van der Waals surface area contributed by atoms with Gasteiger partial charge in [-0.2, -0.15) is 0 Å². The fraction of sp³-hybridized carbons (Fsp3) is 0.280. The zero-order valence-electron chi connectivity index (χ0n) is 17.3. The van der Waals surface area contributed by atoms with Gasteiger partial charge in [0, 0.05) is 46.5 Å². The number of benzene rings is 2. The van der Waals surface area contributed by atoms with Gasteiger partial charge in [-0.25, -0.2) is 0 Å². The number of esters is 1. The van der Waals surface area contributed by atoms with Gasteiger partial charge < -0.3 is 14.7 Å². The van der Waals surface area contributed by atoms with Crippen LogP contribution in [0.4, 0.5) is 0 Å². The van der Waals surface area contributed by atoms with Crippen molar-refractivity contribution >= 4 is 33.6 Å². The number of Topliss-reactive ketones (excluding diaryl/α,β-unsaturated/α-hetero) is 1. The molecule has 4 aromatic rings. The maximum Gasteiger partial charge on any atom is 0.309 e. The summed E-state index contributed by atoms with van der Waals surface area (Å²) in [6, 6.07) is 16.0. The van der Waals surface area contributed by atoms with E-state index in [0.717, 1.165) is 32.9 Å². The first-order valence-corrected chi connectivity index (χ1v) is 10.3. The molecule has 0 spiro atoms. The third kappa shape index (κ3) is 4.01. The van der Waals surface area contributed by atoms with Crippen LogP contribution in [0.2, 0.25) is 0 Å². The molecule has 0 aliphatic rings. The van der Waals surface area contributed by atoms with Gasteiger partial charge in [0.25, 0.3) is 0 Å². The molecule has 2 N–H and O–H groups in total. The van der Waals surface area contributed by atoms with Crippen molar-refractivity contribution in [2.24, 2.45) is 11.8 Å². The molecule has 4 rings (SSSR count). The van der Waals surface area contributed by atoms with Crippen LogP contribution in [0, 0.1) is 11.8 Å². The Morgan fingerprint density at radius 3 is 1.97 bits per heavy atom. The van der Waals surface area contributed by atoms with Gasteiger partial charge in [0.15, 0.2) is 0 Å². The third-order valence-corrected chi connectivity index (χ3v) is 5.87. The maximum atomic E-state index is 13.0. The van der Waals surface area contributed by atoms with E-state index in [1.54, 1.807) is 0 Å². The molecule has 5 nitrogen and oxygen atoms in total. The van der Waals surface area contributed by atoms with Crippen molar-refractivity contribution in [3.63, 3.8) is 0 Å². The molecule has 2 atom stereocenters. The Labute approximate surface area is 175 Å². The van der Waals surface area contributed by atoms with E-state index in [4.69, 9.17) is 4.74 Å². The highest BCUT2D eigenvalue weighted by molar-refractivity contribution is 5.89. The minimum Gasteiger partial charge on any atom is -0.469 e. The van der Waals surface area contributed by atoms with Gasteiger partial charge in [-0.15, -0.1) is 0 Å². The van der Waals surface area contributed by atoms with E-state index in [-0.39, 0.29) is 24.1 Å². The number of ether oxygens (including phenoxy) is 1. The van der Waals surface area contributed by atoms with E-state index in [2.05, 4.69) is 16.0 Å². The van der Waals surface area contributed by atoms with Crippen molar-refractivity contribution in [3.8, 4) is 0 Å². The fourth-order valence-electron chi connectivity index (χ4n) is 4.16. The Balaban J connectivity index is 1.48. The standard InChI is InChI=1S/C25H26N2O3/c1-16(11-18-14-26-22-9-5-3-7-20(18)22)24(28)13-17(25(29)30-2)12-19-15-27-23-10-6-4-8-21(19)23/h3-10,14-17,26-27H,11-13H2,1-2H3/t16-,17+/m0/s1. The van der Waals surface area contributed by atoms with Gasteiger partial charge in [-0.05, 0) is 36.1 Å². The molecule has 5 heteroatoms. The second-order valence-corrected chi connectivity index (χ2v) is 7.92.